The van der Waals surface area contributed by atoms with E-state index in [-0.39, 0.29) is 12.1 Å². The molecule has 1 aromatic carbocycles. The van der Waals surface area contributed by atoms with Crippen molar-refractivity contribution in [1.29, 1.82) is 0 Å². The number of carbonyl (C=O) groups excluding carboxylic acids is 1. The second-order valence-electron chi connectivity index (χ2n) is 4.41. The largest absolute Gasteiger partial charge is 0.497 e. The van der Waals surface area contributed by atoms with Crippen LogP contribution in [0.4, 0.5) is 0 Å². The van der Waals surface area contributed by atoms with Crippen molar-refractivity contribution >= 4 is 5.97 Å². The number of hydrogen-bond acceptors (Lipinski definition) is 4. The lowest BCUT2D eigenvalue weighted by atomic mass is 10.0. The summed E-state index contributed by atoms with van der Waals surface area (Å²) in [5.41, 5.74) is 1.23. The van der Waals surface area contributed by atoms with E-state index in [1.54, 1.807) is 7.11 Å². The maximum absolute atomic E-state index is 11.3. The van der Waals surface area contributed by atoms with Crippen molar-refractivity contribution in [3.05, 3.63) is 47.7 Å². The van der Waals surface area contributed by atoms with Crippen molar-refractivity contribution in [2.24, 2.45) is 0 Å². The maximum atomic E-state index is 11.3. The van der Waals surface area contributed by atoms with E-state index >= 15 is 0 Å². The molecule has 0 fully saturated rings. The lowest BCUT2D eigenvalue weighted by Gasteiger charge is -2.23. The summed E-state index contributed by atoms with van der Waals surface area (Å²) in [5, 5.41) is 0. The molecule has 0 N–H and O–H groups in total. The minimum Gasteiger partial charge on any atom is -0.497 e. The zero-order chi connectivity index (χ0) is 13.7. The number of aryl methyl sites for hydroxylation is 1. The van der Waals surface area contributed by atoms with E-state index in [2.05, 4.69) is 12.1 Å². The minimum absolute atomic E-state index is 0.196. The van der Waals surface area contributed by atoms with Crippen LogP contribution in [0.5, 0.6) is 0 Å². The first kappa shape index (κ1) is 13.6. The number of methoxy groups -OCH3 is 2. The number of ether oxygens (including phenoxy) is 3. The molecule has 4 nitrogen and oxygen atoms in total. The van der Waals surface area contributed by atoms with Crippen LogP contribution in [0.2, 0.25) is 0 Å². The normalized spacial score (nSPS) is 19.8. The first-order chi connectivity index (χ1) is 9.24. The number of rotatable bonds is 6. The highest BCUT2D eigenvalue weighted by atomic mass is 16.6. The van der Waals surface area contributed by atoms with Crippen molar-refractivity contribution in [3.8, 4) is 0 Å². The molecule has 19 heavy (non-hydrogen) atoms. The molecule has 1 aliphatic rings. The molecular formula is C15H18O4. The van der Waals surface area contributed by atoms with E-state index in [1.807, 2.05) is 18.2 Å². The van der Waals surface area contributed by atoms with Crippen molar-refractivity contribution in [2.75, 3.05) is 14.2 Å². The van der Waals surface area contributed by atoms with E-state index in [9.17, 15) is 4.79 Å². The number of benzene rings is 1. The predicted octanol–water partition coefficient (Wildman–Crippen LogP) is 2.09. The molecular weight excluding hydrogens is 244 g/mol. The fraction of sp³-hybridized carbons (Fsp3) is 0.400. The third kappa shape index (κ3) is 3.35. The van der Waals surface area contributed by atoms with Crippen LogP contribution in [0.3, 0.4) is 0 Å². The summed E-state index contributed by atoms with van der Waals surface area (Å²) in [5.74, 6) is 0.161. The molecule has 2 rings (SSSR count). The van der Waals surface area contributed by atoms with Gasteiger partial charge >= 0.3 is 5.97 Å². The SMILES string of the molecule is COC1=CC(=O)OC1C(CCc1ccccc1)OC. The van der Waals surface area contributed by atoms with Gasteiger partial charge in [0.25, 0.3) is 0 Å². The number of hydrogen-bond donors (Lipinski definition) is 0. The van der Waals surface area contributed by atoms with E-state index in [1.165, 1.54) is 18.7 Å². The minimum atomic E-state index is -0.439. The lowest BCUT2D eigenvalue weighted by molar-refractivity contribution is -0.145. The van der Waals surface area contributed by atoms with Crippen LogP contribution < -0.4 is 0 Å². The van der Waals surface area contributed by atoms with Crippen LogP contribution in [0.1, 0.15) is 12.0 Å². The third-order valence-corrected chi connectivity index (χ3v) is 3.22. The van der Waals surface area contributed by atoms with Gasteiger partial charge in [-0.05, 0) is 18.4 Å². The van der Waals surface area contributed by atoms with Crippen molar-refractivity contribution in [1.82, 2.24) is 0 Å². The van der Waals surface area contributed by atoms with Gasteiger partial charge in [0.15, 0.2) is 6.10 Å². The molecule has 0 aliphatic carbocycles. The molecule has 0 spiro atoms. The highest BCUT2D eigenvalue weighted by Crippen LogP contribution is 2.23. The van der Waals surface area contributed by atoms with Crippen molar-refractivity contribution in [3.63, 3.8) is 0 Å². The Morgan fingerprint density at radius 3 is 2.63 bits per heavy atom. The quantitative estimate of drug-likeness (QED) is 0.736. The third-order valence-electron chi connectivity index (χ3n) is 3.22. The first-order valence-corrected chi connectivity index (χ1v) is 6.27. The molecule has 0 bridgehead atoms. The second kappa shape index (κ2) is 6.38. The number of cyclic esters (lactones) is 1. The highest BCUT2D eigenvalue weighted by Gasteiger charge is 2.34. The molecule has 0 saturated carbocycles. The molecule has 0 saturated heterocycles. The second-order valence-corrected chi connectivity index (χ2v) is 4.41. The van der Waals surface area contributed by atoms with Crippen LogP contribution >= 0.6 is 0 Å². The van der Waals surface area contributed by atoms with Gasteiger partial charge in [-0.25, -0.2) is 4.79 Å². The van der Waals surface area contributed by atoms with E-state index in [4.69, 9.17) is 14.2 Å². The molecule has 2 unspecified atom stereocenters. The molecule has 102 valence electrons. The number of esters is 1. The molecule has 4 heteroatoms. The van der Waals surface area contributed by atoms with Gasteiger partial charge in [0.1, 0.15) is 11.9 Å². The topological polar surface area (TPSA) is 44.8 Å². The van der Waals surface area contributed by atoms with Crippen molar-refractivity contribution in [2.45, 2.75) is 25.0 Å². The van der Waals surface area contributed by atoms with Gasteiger partial charge in [-0.2, -0.15) is 0 Å². The summed E-state index contributed by atoms with van der Waals surface area (Å²) >= 11 is 0. The lowest BCUT2D eigenvalue weighted by Crippen LogP contribution is -2.31. The Morgan fingerprint density at radius 1 is 1.26 bits per heavy atom. The standard InChI is InChI=1S/C15H18O4/c1-17-12(9-8-11-6-4-3-5-7-11)15-13(18-2)10-14(16)19-15/h3-7,10,12,15H,8-9H2,1-2H3. The van der Waals surface area contributed by atoms with Crippen LogP contribution in [-0.4, -0.2) is 32.4 Å². The van der Waals surface area contributed by atoms with Crippen LogP contribution in [0, 0.1) is 0 Å². The molecule has 0 aromatic heterocycles. The van der Waals surface area contributed by atoms with Gasteiger partial charge in [-0.1, -0.05) is 30.3 Å². The average molecular weight is 262 g/mol. The van der Waals surface area contributed by atoms with Gasteiger partial charge in [-0.3, -0.25) is 0 Å². The van der Waals surface area contributed by atoms with Crippen LogP contribution in [0.15, 0.2) is 42.2 Å². The van der Waals surface area contributed by atoms with E-state index in [0.29, 0.717) is 5.76 Å². The molecule has 1 aromatic rings. The van der Waals surface area contributed by atoms with Crippen molar-refractivity contribution < 1.29 is 19.0 Å². The number of carbonyl (C=O) groups is 1. The van der Waals surface area contributed by atoms with Gasteiger partial charge in [0.05, 0.1) is 13.2 Å². The summed E-state index contributed by atoms with van der Waals surface area (Å²) < 4.78 is 15.8. The Bertz CT molecular complexity index is 452. The maximum Gasteiger partial charge on any atom is 0.335 e. The Hall–Kier alpha value is -1.81. The highest BCUT2D eigenvalue weighted by molar-refractivity contribution is 5.85. The average Bonchev–Trinajstić information content (AvgIpc) is 2.82. The van der Waals surface area contributed by atoms with E-state index < -0.39 is 6.10 Å². The Kier molecular flexibility index (Phi) is 4.58. The summed E-state index contributed by atoms with van der Waals surface area (Å²) in [4.78, 5) is 11.3. The van der Waals surface area contributed by atoms with Gasteiger partial charge < -0.3 is 14.2 Å². The van der Waals surface area contributed by atoms with Gasteiger partial charge in [-0.15, -0.1) is 0 Å². The fourth-order valence-corrected chi connectivity index (χ4v) is 2.20. The Balaban J connectivity index is 1.97. The van der Waals surface area contributed by atoms with Gasteiger partial charge in [0.2, 0.25) is 0 Å². The molecule has 1 aliphatic heterocycles. The van der Waals surface area contributed by atoms with Crippen LogP contribution in [-0.2, 0) is 25.4 Å². The van der Waals surface area contributed by atoms with Crippen LogP contribution in [0.25, 0.3) is 0 Å². The zero-order valence-corrected chi connectivity index (χ0v) is 11.2. The summed E-state index contributed by atoms with van der Waals surface area (Å²) in [6, 6.07) is 10.1. The first-order valence-electron chi connectivity index (χ1n) is 6.27. The molecule has 0 radical (unpaired) electrons. The summed E-state index contributed by atoms with van der Waals surface area (Å²) in [6.45, 7) is 0. The summed E-state index contributed by atoms with van der Waals surface area (Å²) in [6.07, 6.45) is 2.37. The predicted molar refractivity (Wildman–Crippen MR) is 70.5 cm³/mol. The van der Waals surface area contributed by atoms with E-state index in [0.717, 1.165) is 12.8 Å². The monoisotopic (exact) mass is 262 g/mol. The molecule has 0 amide bonds. The summed E-state index contributed by atoms with van der Waals surface area (Å²) in [7, 11) is 3.15. The zero-order valence-electron chi connectivity index (χ0n) is 11.2. The smallest absolute Gasteiger partial charge is 0.335 e. The fourth-order valence-electron chi connectivity index (χ4n) is 2.20. The Labute approximate surface area is 113 Å². The Morgan fingerprint density at radius 2 is 2.00 bits per heavy atom. The van der Waals surface area contributed by atoms with Gasteiger partial charge in [0, 0.05) is 7.11 Å². The molecule has 2 atom stereocenters. The molecule has 1 heterocycles.